The number of nitrogens with one attached hydrogen (secondary N) is 1. The Balaban J connectivity index is 2.44. The van der Waals surface area contributed by atoms with Crippen LogP contribution in [0.25, 0.3) is 0 Å². The third-order valence-corrected chi connectivity index (χ3v) is 3.60. The maximum atomic E-state index is 11.6. The number of carbonyl (C=O) groups excluding carboxylic acids is 1. The van der Waals surface area contributed by atoms with Crippen LogP contribution < -0.4 is 11.1 Å². The smallest absolute Gasteiger partial charge is 0.224 e. The van der Waals surface area contributed by atoms with Gasteiger partial charge >= 0.3 is 0 Å². The molecule has 0 aromatic heterocycles. The molecule has 0 saturated carbocycles. The molecular weight excluding hydrogens is 224 g/mol. The van der Waals surface area contributed by atoms with Crippen molar-refractivity contribution in [2.24, 2.45) is 5.73 Å². The number of nitrogens with two attached hydrogens (primary N) is 1. The summed E-state index contributed by atoms with van der Waals surface area (Å²) in [5, 5.41) is 3.00. The van der Waals surface area contributed by atoms with E-state index in [4.69, 9.17) is 5.73 Å². The molecule has 1 heterocycles. The Morgan fingerprint density at radius 3 is 2.78 bits per heavy atom. The molecule has 1 unspecified atom stereocenters. The van der Waals surface area contributed by atoms with Crippen LogP contribution in [0, 0.1) is 0 Å². The summed E-state index contributed by atoms with van der Waals surface area (Å²) < 4.78 is 0. The lowest BCUT2D eigenvalue weighted by Gasteiger charge is -2.24. The molecule has 1 aromatic rings. The average molecular weight is 246 g/mol. The maximum absolute atomic E-state index is 11.6. The molecule has 0 aliphatic carbocycles. The summed E-state index contributed by atoms with van der Waals surface area (Å²) in [5.41, 5.74) is 10.9. The molecular formula is C15H22N2O. The van der Waals surface area contributed by atoms with Gasteiger partial charge in [-0.2, -0.15) is 0 Å². The number of hydrogen-bond acceptors (Lipinski definition) is 2. The maximum Gasteiger partial charge on any atom is 0.224 e. The first-order chi connectivity index (χ1) is 8.65. The molecule has 2 rings (SSSR count). The van der Waals surface area contributed by atoms with Gasteiger partial charge in [-0.15, -0.1) is 0 Å². The largest absolute Gasteiger partial charge is 0.326 e. The van der Waals surface area contributed by atoms with E-state index in [1.54, 1.807) is 0 Å². The number of fused-ring (bicyclic) bond motifs is 1. The summed E-state index contributed by atoms with van der Waals surface area (Å²) in [6.45, 7) is 4.28. The minimum atomic E-state index is 0.0219. The van der Waals surface area contributed by atoms with Crippen molar-refractivity contribution in [3.8, 4) is 0 Å². The number of aryl methyl sites for hydroxylation is 2. The Hall–Kier alpha value is -1.35. The van der Waals surface area contributed by atoms with E-state index in [0.29, 0.717) is 6.42 Å². The molecule has 0 fully saturated rings. The van der Waals surface area contributed by atoms with Crippen molar-refractivity contribution in [3.05, 3.63) is 28.8 Å². The Labute approximate surface area is 109 Å². The highest BCUT2D eigenvalue weighted by Crippen LogP contribution is 2.33. The van der Waals surface area contributed by atoms with E-state index in [-0.39, 0.29) is 11.9 Å². The van der Waals surface area contributed by atoms with Crippen molar-refractivity contribution >= 4 is 11.6 Å². The van der Waals surface area contributed by atoms with Gasteiger partial charge in [0.15, 0.2) is 0 Å². The van der Waals surface area contributed by atoms with Gasteiger partial charge in [-0.1, -0.05) is 32.4 Å². The summed E-state index contributed by atoms with van der Waals surface area (Å²) in [6, 6.07) is 4.38. The lowest BCUT2D eigenvalue weighted by Crippen LogP contribution is -2.23. The standard InChI is InChI=1S/C15H22N2O/c1-3-5-13(16)12-9-10(4-2)8-11-6-7-14(18)17-15(11)12/h8-9,13H,3-7,16H2,1-2H3,(H,17,18). The van der Waals surface area contributed by atoms with E-state index in [1.807, 2.05) is 0 Å². The van der Waals surface area contributed by atoms with Gasteiger partial charge in [-0.25, -0.2) is 0 Å². The minimum absolute atomic E-state index is 0.0219. The number of rotatable bonds is 4. The molecule has 3 nitrogen and oxygen atoms in total. The summed E-state index contributed by atoms with van der Waals surface area (Å²) >= 11 is 0. The Bertz CT molecular complexity index is 454. The second-order valence-corrected chi connectivity index (χ2v) is 5.02. The highest BCUT2D eigenvalue weighted by molar-refractivity contribution is 5.95. The Morgan fingerprint density at radius 2 is 2.11 bits per heavy atom. The van der Waals surface area contributed by atoms with Crippen molar-refractivity contribution in [2.45, 2.75) is 52.0 Å². The molecule has 0 saturated heterocycles. The highest BCUT2D eigenvalue weighted by atomic mass is 16.1. The molecule has 1 atom stereocenters. The van der Waals surface area contributed by atoms with Gasteiger partial charge in [-0.05, 0) is 36.0 Å². The van der Waals surface area contributed by atoms with Crippen molar-refractivity contribution in [1.82, 2.24) is 0 Å². The van der Waals surface area contributed by atoms with Gasteiger partial charge < -0.3 is 11.1 Å². The number of benzene rings is 1. The molecule has 0 bridgehead atoms. The predicted octanol–water partition coefficient (Wildman–Crippen LogP) is 2.93. The zero-order valence-corrected chi connectivity index (χ0v) is 11.3. The second-order valence-electron chi connectivity index (χ2n) is 5.02. The topological polar surface area (TPSA) is 55.1 Å². The molecule has 3 heteroatoms. The van der Waals surface area contributed by atoms with Crippen molar-refractivity contribution in [3.63, 3.8) is 0 Å². The molecule has 1 amide bonds. The molecule has 98 valence electrons. The van der Waals surface area contributed by atoms with E-state index in [1.165, 1.54) is 11.1 Å². The SMILES string of the molecule is CCCC(N)c1cc(CC)cc2c1NC(=O)CC2. The predicted molar refractivity (Wildman–Crippen MR) is 74.6 cm³/mol. The first-order valence-corrected chi connectivity index (χ1v) is 6.86. The number of anilines is 1. The van der Waals surface area contributed by atoms with Gasteiger partial charge in [0, 0.05) is 18.2 Å². The number of amides is 1. The minimum Gasteiger partial charge on any atom is -0.326 e. The molecule has 1 aromatic carbocycles. The highest BCUT2D eigenvalue weighted by Gasteiger charge is 2.21. The second kappa shape index (κ2) is 5.53. The zero-order valence-electron chi connectivity index (χ0n) is 11.3. The zero-order chi connectivity index (χ0) is 13.1. The molecule has 1 aliphatic heterocycles. The molecule has 18 heavy (non-hydrogen) atoms. The molecule has 0 spiro atoms. The van der Waals surface area contributed by atoms with Crippen LogP contribution in [0.1, 0.15) is 55.8 Å². The quantitative estimate of drug-likeness (QED) is 0.858. The van der Waals surface area contributed by atoms with Gasteiger partial charge in [0.05, 0.1) is 0 Å². The average Bonchev–Trinajstić information content (AvgIpc) is 2.37. The van der Waals surface area contributed by atoms with Crippen LogP contribution in [0.15, 0.2) is 12.1 Å². The van der Waals surface area contributed by atoms with Crippen LogP contribution in [-0.4, -0.2) is 5.91 Å². The van der Waals surface area contributed by atoms with E-state index in [2.05, 4.69) is 31.3 Å². The first kappa shape index (κ1) is 13.1. The fourth-order valence-electron chi connectivity index (χ4n) is 2.56. The van der Waals surface area contributed by atoms with Crippen molar-refractivity contribution < 1.29 is 4.79 Å². The van der Waals surface area contributed by atoms with Crippen LogP contribution in [0.2, 0.25) is 0 Å². The summed E-state index contributed by atoms with van der Waals surface area (Å²) in [6.07, 6.45) is 4.44. The van der Waals surface area contributed by atoms with E-state index in [9.17, 15) is 4.79 Å². The van der Waals surface area contributed by atoms with Crippen LogP contribution >= 0.6 is 0 Å². The molecule has 0 radical (unpaired) electrons. The van der Waals surface area contributed by atoms with E-state index < -0.39 is 0 Å². The first-order valence-electron chi connectivity index (χ1n) is 6.86. The van der Waals surface area contributed by atoms with Crippen LogP contribution in [0.5, 0.6) is 0 Å². The van der Waals surface area contributed by atoms with Crippen molar-refractivity contribution in [2.75, 3.05) is 5.32 Å². The lowest BCUT2D eigenvalue weighted by atomic mass is 9.91. The fourth-order valence-corrected chi connectivity index (χ4v) is 2.56. The third-order valence-electron chi connectivity index (χ3n) is 3.60. The van der Waals surface area contributed by atoms with Crippen LogP contribution in [0.3, 0.4) is 0 Å². The van der Waals surface area contributed by atoms with Gasteiger partial charge in [-0.3, -0.25) is 4.79 Å². The number of hydrogen-bond donors (Lipinski definition) is 2. The summed E-state index contributed by atoms with van der Waals surface area (Å²) in [4.78, 5) is 11.6. The fraction of sp³-hybridized carbons (Fsp3) is 0.533. The summed E-state index contributed by atoms with van der Waals surface area (Å²) in [5.74, 6) is 0.108. The Kier molecular flexibility index (Phi) is 4.02. The van der Waals surface area contributed by atoms with Crippen molar-refractivity contribution in [1.29, 1.82) is 0 Å². The van der Waals surface area contributed by atoms with Gasteiger partial charge in [0.25, 0.3) is 0 Å². The summed E-state index contributed by atoms with van der Waals surface area (Å²) in [7, 11) is 0. The van der Waals surface area contributed by atoms with Gasteiger partial charge in [0.2, 0.25) is 5.91 Å². The lowest BCUT2D eigenvalue weighted by molar-refractivity contribution is -0.116. The third kappa shape index (κ3) is 2.56. The molecule has 1 aliphatic rings. The van der Waals surface area contributed by atoms with Gasteiger partial charge in [0.1, 0.15) is 0 Å². The number of carbonyl (C=O) groups is 1. The van der Waals surface area contributed by atoms with Crippen LogP contribution in [-0.2, 0) is 17.6 Å². The van der Waals surface area contributed by atoms with E-state index in [0.717, 1.165) is 36.9 Å². The Morgan fingerprint density at radius 1 is 1.33 bits per heavy atom. The molecule has 3 N–H and O–H groups in total. The monoisotopic (exact) mass is 246 g/mol. The van der Waals surface area contributed by atoms with Crippen LogP contribution in [0.4, 0.5) is 5.69 Å². The van der Waals surface area contributed by atoms with E-state index >= 15 is 0 Å². The normalized spacial score (nSPS) is 16.1.